The van der Waals surface area contributed by atoms with Crippen LogP contribution in [0.2, 0.25) is 0 Å². The molecule has 1 N–H and O–H groups in total. The third kappa shape index (κ3) is 3.98. The van der Waals surface area contributed by atoms with Crippen LogP contribution in [-0.4, -0.2) is 27.5 Å². The molecule has 6 nitrogen and oxygen atoms in total. The number of benzene rings is 1. The van der Waals surface area contributed by atoms with E-state index in [4.69, 9.17) is 4.84 Å². The number of hydrogen-bond donors (Lipinski definition) is 1. The van der Waals surface area contributed by atoms with Gasteiger partial charge in [-0.25, -0.2) is 4.39 Å². The van der Waals surface area contributed by atoms with E-state index in [1.165, 1.54) is 12.1 Å². The molecule has 1 atom stereocenters. The summed E-state index contributed by atoms with van der Waals surface area (Å²) in [5.41, 5.74) is 2.66. The second kappa shape index (κ2) is 7.25. The highest BCUT2D eigenvalue weighted by atomic mass is 19.1. The van der Waals surface area contributed by atoms with E-state index in [9.17, 15) is 9.18 Å². The fourth-order valence-electron chi connectivity index (χ4n) is 2.48. The first-order valence-corrected chi connectivity index (χ1v) is 7.89. The van der Waals surface area contributed by atoms with Crippen molar-refractivity contribution < 1.29 is 14.0 Å². The normalized spacial score (nSPS) is 16.6. The van der Waals surface area contributed by atoms with E-state index in [0.29, 0.717) is 19.4 Å². The summed E-state index contributed by atoms with van der Waals surface area (Å²) in [6, 6.07) is 6.23. The summed E-state index contributed by atoms with van der Waals surface area (Å²) < 4.78 is 14.7. The molecule has 2 aromatic rings. The molecule has 2 heterocycles. The molecule has 0 saturated heterocycles. The van der Waals surface area contributed by atoms with E-state index < -0.39 is 6.10 Å². The van der Waals surface area contributed by atoms with Gasteiger partial charge in [-0.3, -0.25) is 9.48 Å². The second-order valence-corrected chi connectivity index (χ2v) is 5.68. The molecule has 24 heavy (non-hydrogen) atoms. The van der Waals surface area contributed by atoms with Crippen LogP contribution in [0.5, 0.6) is 0 Å². The van der Waals surface area contributed by atoms with Crippen LogP contribution in [-0.2, 0) is 29.1 Å². The minimum Gasteiger partial charge on any atom is -0.382 e. The van der Waals surface area contributed by atoms with Gasteiger partial charge < -0.3 is 10.2 Å². The van der Waals surface area contributed by atoms with Crippen molar-refractivity contribution in [2.24, 2.45) is 5.16 Å². The molecule has 0 saturated carbocycles. The van der Waals surface area contributed by atoms with Gasteiger partial charge in [0.05, 0.1) is 11.9 Å². The topological polar surface area (TPSA) is 68.5 Å². The number of carbonyl (C=O) groups is 1. The fourth-order valence-corrected chi connectivity index (χ4v) is 2.48. The lowest BCUT2D eigenvalue weighted by molar-refractivity contribution is -0.131. The number of aryl methyl sites for hydroxylation is 1. The number of nitrogens with zero attached hydrogens (tertiary/aromatic N) is 3. The monoisotopic (exact) mass is 330 g/mol. The number of carbonyl (C=O) groups excluding carboxylic acids is 1. The Balaban J connectivity index is 1.47. The summed E-state index contributed by atoms with van der Waals surface area (Å²) in [6.07, 6.45) is 4.01. The average Bonchev–Trinajstić information content (AvgIpc) is 3.24. The van der Waals surface area contributed by atoms with Crippen LogP contribution in [0.25, 0.3) is 0 Å². The molecule has 1 aliphatic heterocycles. The van der Waals surface area contributed by atoms with Gasteiger partial charge in [0.25, 0.3) is 5.91 Å². The van der Waals surface area contributed by atoms with Gasteiger partial charge in [-0.05, 0) is 24.6 Å². The van der Waals surface area contributed by atoms with Gasteiger partial charge in [0, 0.05) is 37.7 Å². The Kier molecular flexibility index (Phi) is 4.88. The number of rotatable bonds is 6. The largest absolute Gasteiger partial charge is 0.382 e. The molecule has 0 spiro atoms. The van der Waals surface area contributed by atoms with Crippen molar-refractivity contribution in [1.82, 2.24) is 15.1 Å². The van der Waals surface area contributed by atoms with Crippen LogP contribution in [0.1, 0.15) is 24.5 Å². The summed E-state index contributed by atoms with van der Waals surface area (Å²) in [4.78, 5) is 17.4. The molecule has 3 rings (SSSR count). The van der Waals surface area contributed by atoms with Gasteiger partial charge >= 0.3 is 0 Å². The number of amides is 1. The van der Waals surface area contributed by atoms with Gasteiger partial charge in [0.15, 0.2) is 0 Å². The molecule has 1 aromatic carbocycles. The number of hydrogen-bond acceptors (Lipinski definition) is 4. The molecule has 126 valence electrons. The van der Waals surface area contributed by atoms with Crippen molar-refractivity contribution in [3.05, 3.63) is 53.6 Å². The molecule has 0 bridgehead atoms. The highest BCUT2D eigenvalue weighted by molar-refractivity contribution is 5.93. The predicted molar refractivity (Wildman–Crippen MR) is 86.8 cm³/mol. The SMILES string of the molecule is CCn1cc(CNC(=O)C2CC(Cc3ccc(F)cc3)=NO2)cn1. The summed E-state index contributed by atoms with van der Waals surface area (Å²) in [5, 5.41) is 11.0. The van der Waals surface area contributed by atoms with Crippen molar-refractivity contribution in [1.29, 1.82) is 0 Å². The van der Waals surface area contributed by atoms with Crippen LogP contribution >= 0.6 is 0 Å². The summed E-state index contributed by atoms with van der Waals surface area (Å²) in [6.45, 7) is 3.20. The molecule has 7 heteroatoms. The molecule has 1 aliphatic rings. The Labute approximate surface area is 139 Å². The first-order valence-electron chi connectivity index (χ1n) is 7.89. The van der Waals surface area contributed by atoms with Gasteiger partial charge in [-0.1, -0.05) is 17.3 Å². The first-order chi connectivity index (χ1) is 11.6. The maximum atomic E-state index is 12.9. The number of halogens is 1. The Morgan fingerprint density at radius 3 is 2.88 bits per heavy atom. The van der Waals surface area contributed by atoms with Gasteiger partial charge in [0.1, 0.15) is 5.82 Å². The van der Waals surface area contributed by atoms with Crippen molar-refractivity contribution in [2.75, 3.05) is 0 Å². The summed E-state index contributed by atoms with van der Waals surface area (Å²) >= 11 is 0. The van der Waals surface area contributed by atoms with Crippen LogP contribution in [0.3, 0.4) is 0 Å². The van der Waals surface area contributed by atoms with Gasteiger partial charge in [0.2, 0.25) is 6.10 Å². The third-order valence-corrected chi connectivity index (χ3v) is 3.82. The smallest absolute Gasteiger partial charge is 0.264 e. The molecule has 1 aromatic heterocycles. The molecule has 0 fully saturated rings. The number of oxime groups is 1. The zero-order valence-electron chi connectivity index (χ0n) is 13.4. The second-order valence-electron chi connectivity index (χ2n) is 5.68. The molecule has 1 unspecified atom stereocenters. The molecular weight excluding hydrogens is 311 g/mol. The maximum Gasteiger partial charge on any atom is 0.264 e. The Bertz CT molecular complexity index is 739. The van der Waals surface area contributed by atoms with Crippen molar-refractivity contribution in [3.63, 3.8) is 0 Å². The standard InChI is InChI=1S/C17H19FN4O2/c1-2-22-11-13(10-20-22)9-19-17(23)16-8-15(21-24-16)7-12-3-5-14(18)6-4-12/h3-6,10-11,16H,2,7-9H2,1H3,(H,19,23). The zero-order chi connectivity index (χ0) is 16.9. The van der Waals surface area contributed by atoms with Crippen LogP contribution in [0.15, 0.2) is 41.8 Å². The molecule has 0 aliphatic carbocycles. The van der Waals surface area contributed by atoms with Gasteiger partial charge in [-0.2, -0.15) is 5.10 Å². The lowest BCUT2D eigenvalue weighted by Gasteiger charge is -2.08. The Morgan fingerprint density at radius 2 is 2.17 bits per heavy atom. The first kappa shape index (κ1) is 16.2. The molecule has 0 radical (unpaired) electrons. The molecular formula is C17H19FN4O2. The molecule has 1 amide bonds. The van der Waals surface area contributed by atoms with Crippen molar-refractivity contribution in [3.8, 4) is 0 Å². The quantitative estimate of drug-likeness (QED) is 0.881. The van der Waals surface area contributed by atoms with Crippen LogP contribution in [0, 0.1) is 5.82 Å². The van der Waals surface area contributed by atoms with Crippen LogP contribution in [0.4, 0.5) is 4.39 Å². The van der Waals surface area contributed by atoms with Crippen molar-refractivity contribution >= 4 is 11.6 Å². The summed E-state index contributed by atoms with van der Waals surface area (Å²) in [5.74, 6) is -0.468. The van der Waals surface area contributed by atoms with Crippen LogP contribution < -0.4 is 5.32 Å². The number of nitrogens with one attached hydrogen (secondary N) is 1. The maximum absolute atomic E-state index is 12.9. The third-order valence-electron chi connectivity index (χ3n) is 3.82. The number of aromatic nitrogens is 2. The lowest BCUT2D eigenvalue weighted by atomic mass is 10.0. The lowest BCUT2D eigenvalue weighted by Crippen LogP contribution is -2.34. The Morgan fingerprint density at radius 1 is 1.38 bits per heavy atom. The van der Waals surface area contributed by atoms with Gasteiger partial charge in [-0.15, -0.1) is 0 Å². The minimum absolute atomic E-state index is 0.197. The van der Waals surface area contributed by atoms with E-state index in [1.54, 1.807) is 23.0 Å². The van der Waals surface area contributed by atoms with E-state index in [2.05, 4.69) is 15.6 Å². The van der Waals surface area contributed by atoms with E-state index in [0.717, 1.165) is 23.4 Å². The average molecular weight is 330 g/mol. The highest BCUT2D eigenvalue weighted by Gasteiger charge is 2.27. The predicted octanol–water partition coefficient (Wildman–Crippen LogP) is 2.05. The van der Waals surface area contributed by atoms with Crippen molar-refractivity contribution in [2.45, 2.75) is 39.0 Å². The minimum atomic E-state index is -0.610. The zero-order valence-corrected chi connectivity index (χ0v) is 13.4. The van der Waals surface area contributed by atoms with E-state index in [-0.39, 0.29) is 11.7 Å². The summed E-state index contributed by atoms with van der Waals surface area (Å²) in [7, 11) is 0. The highest BCUT2D eigenvalue weighted by Crippen LogP contribution is 2.15. The Hall–Kier alpha value is -2.70. The van der Waals surface area contributed by atoms with E-state index >= 15 is 0 Å². The van der Waals surface area contributed by atoms with E-state index in [1.807, 2.05) is 13.1 Å². The fraction of sp³-hybridized carbons (Fsp3) is 0.353.